The second-order valence-corrected chi connectivity index (χ2v) is 12.3. The minimum absolute atomic E-state index is 0.0116. The van der Waals surface area contributed by atoms with Gasteiger partial charge in [-0.05, 0) is 15.4 Å². The summed E-state index contributed by atoms with van der Waals surface area (Å²) in [5.74, 6) is 3.40. The normalized spacial score (nSPS) is 14.0. The SMILES string of the molecule is C=C[C@@H](C)[C@@H](O)CC#C[Si](c1ccccc1)(c1ccccc1)C(C)(C)C. The summed E-state index contributed by atoms with van der Waals surface area (Å²) in [6, 6.07) is 21.3. The van der Waals surface area contributed by atoms with Crippen LogP contribution in [0.1, 0.15) is 34.1 Å². The van der Waals surface area contributed by atoms with E-state index in [4.69, 9.17) is 0 Å². The van der Waals surface area contributed by atoms with Crippen molar-refractivity contribution in [2.24, 2.45) is 5.92 Å². The van der Waals surface area contributed by atoms with E-state index in [0.717, 1.165) is 0 Å². The van der Waals surface area contributed by atoms with Crippen molar-refractivity contribution < 1.29 is 5.11 Å². The van der Waals surface area contributed by atoms with Crippen molar-refractivity contribution in [2.45, 2.75) is 45.3 Å². The van der Waals surface area contributed by atoms with Gasteiger partial charge in [0.15, 0.2) is 0 Å². The molecule has 0 aliphatic heterocycles. The van der Waals surface area contributed by atoms with E-state index in [1.54, 1.807) is 6.08 Å². The van der Waals surface area contributed by atoms with E-state index in [0.29, 0.717) is 6.42 Å². The highest BCUT2D eigenvalue weighted by atomic mass is 28.3. The smallest absolute Gasteiger partial charge is 0.204 e. The highest BCUT2D eigenvalue weighted by Gasteiger charge is 2.46. The molecule has 2 aromatic rings. The number of benzene rings is 2. The van der Waals surface area contributed by atoms with Crippen molar-refractivity contribution in [3.8, 4) is 11.5 Å². The molecule has 2 atom stereocenters. The Morgan fingerprint density at radius 3 is 1.85 bits per heavy atom. The molecule has 0 heterocycles. The summed E-state index contributed by atoms with van der Waals surface area (Å²) in [5, 5.41) is 12.9. The number of hydrogen-bond donors (Lipinski definition) is 1. The quantitative estimate of drug-likeness (QED) is 0.481. The molecule has 0 aliphatic rings. The lowest BCUT2D eigenvalue weighted by Crippen LogP contribution is -2.63. The van der Waals surface area contributed by atoms with Crippen LogP contribution in [0.2, 0.25) is 5.04 Å². The van der Waals surface area contributed by atoms with Crippen LogP contribution in [0, 0.1) is 17.4 Å². The Morgan fingerprint density at radius 2 is 1.46 bits per heavy atom. The average molecular weight is 363 g/mol. The standard InChI is InChI=1S/C24H30OSi/c1-6-20(2)23(25)18-13-19-26(24(3,4)5,21-14-9-7-10-15-21)22-16-11-8-12-17-22/h6-12,14-17,20,23,25H,1,18H2,2-5H3/t20-,23+/m1/s1. The first-order valence-electron chi connectivity index (χ1n) is 9.24. The molecule has 0 radical (unpaired) electrons. The van der Waals surface area contributed by atoms with Gasteiger partial charge in [0, 0.05) is 12.3 Å². The average Bonchev–Trinajstić information content (AvgIpc) is 2.64. The fourth-order valence-electron chi connectivity index (χ4n) is 3.37. The van der Waals surface area contributed by atoms with Gasteiger partial charge in [-0.25, -0.2) is 0 Å². The van der Waals surface area contributed by atoms with Gasteiger partial charge in [0.25, 0.3) is 0 Å². The summed E-state index contributed by atoms with van der Waals surface area (Å²) in [4.78, 5) is 0. The Bertz CT molecular complexity index is 723. The van der Waals surface area contributed by atoms with Crippen LogP contribution in [0.25, 0.3) is 0 Å². The molecule has 0 saturated carbocycles. The molecule has 0 amide bonds. The Hall–Kier alpha value is -2.08. The van der Waals surface area contributed by atoms with Gasteiger partial charge in [-0.2, -0.15) is 0 Å². The van der Waals surface area contributed by atoms with Crippen LogP contribution < -0.4 is 10.4 Å². The lowest BCUT2D eigenvalue weighted by molar-refractivity contribution is 0.143. The van der Waals surface area contributed by atoms with E-state index in [2.05, 4.69) is 99.5 Å². The summed E-state index contributed by atoms with van der Waals surface area (Å²) >= 11 is 0. The van der Waals surface area contributed by atoms with Crippen molar-refractivity contribution in [1.82, 2.24) is 0 Å². The van der Waals surface area contributed by atoms with Gasteiger partial charge in [-0.1, -0.05) is 94.4 Å². The summed E-state index contributed by atoms with van der Waals surface area (Å²) < 4.78 is 0. The number of aliphatic hydroxyl groups is 1. The van der Waals surface area contributed by atoms with Crippen LogP contribution in [0.5, 0.6) is 0 Å². The zero-order valence-electron chi connectivity index (χ0n) is 16.4. The van der Waals surface area contributed by atoms with Crippen LogP contribution in [-0.4, -0.2) is 19.3 Å². The molecule has 0 unspecified atom stereocenters. The van der Waals surface area contributed by atoms with Gasteiger partial charge in [-0.3, -0.25) is 0 Å². The number of aliphatic hydroxyl groups excluding tert-OH is 1. The minimum Gasteiger partial charge on any atom is -0.392 e. The van der Waals surface area contributed by atoms with Crippen molar-refractivity contribution in [2.75, 3.05) is 0 Å². The molecule has 2 rings (SSSR count). The molecule has 2 heteroatoms. The van der Waals surface area contributed by atoms with Gasteiger partial charge < -0.3 is 5.11 Å². The predicted molar refractivity (Wildman–Crippen MR) is 115 cm³/mol. The molecule has 0 aromatic heterocycles. The number of rotatable bonds is 5. The fraction of sp³-hybridized carbons (Fsp3) is 0.333. The zero-order chi connectivity index (χ0) is 19.2. The summed E-state index contributed by atoms with van der Waals surface area (Å²) in [5.41, 5.74) is 3.71. The van der Waals surface area contributed by atoms with E-state index >= 15 is 0 Å². The summed E-state index contributed by atoms with van der Waals surface area (Å²) in [7, 11) is -2.36. The second-order valence-electron chi connectivity index (χ2n) is 7.90. The molecular formula is C24H30OSi. The first-order chi connectivity index (χ1) is 12.3. The van der Waals surface area contributed by atoms with Crippen molar-refractivity contribution in [3.05, 3.63) is 73.3 Å². The predicted octanol–water partition coefficient (Wildman–Crippen LogP) is 4.17. The Labute approximate surface area is 159 Å². The molecular weight excluding hydrogens is 332 g/mol. The molecule has 2 aromatic carbocycles. The molecule has 0 fully saturated rings. The third-order valence-electron chi connectivity index (χ3n) is 5.10. The fourth-order valence-corrected chi connectivity index (χ4v) is 7.85. The summed E-state index contributed by atoms with van der Waals surface area (Å²) in [6.45, 7) is 12.6. The molecule has 1 nitrogen and oxygen atoms in total. The van der Waals surface area contributed by atoms with Crippen LogP contribution >= 0.6 is 0 Å². The maximum Gasteiger partial charge on any atom is 0.204 e. The van der Waals surface area contributed by atoms with Crippen molar-refractivity contribution in [1.29, 1.82) is 0 Å². The minimum atomic E-state index is -2.36. The molecule has 0 aliphatic carbocycles. The van der Waals surface area contributed by atoms with Crippen LogP contribution in [0.15, 0.2) is 73.3 Å². The lowest BCUT2D eigenvalue weighted by atomic mass is 10.0. The van der Waals surface area contributed by atoms with E-state index in [9.17, 15) is 5.11 Å². The lowest BCUT2D eigenvalue weighted by Gasteiger charge is -2.39. The molecule has 136 valence electrons. The largest absolute Gasteiger partial charge is 0.392 e. The van der Waals surface area contributed by atoms with Crippen LogP contribution in [0.3, 0.4) is 0 Å². The van der Waals surface area contributed by atoms with Crippen molar-refractivity contribution in [3.63, 3.8) is 0 Å². The van der Waals surface area contributed by atoms with E-state index in [1.165, 1.54) is 10.4 Å². The van der Waals surface area contributed by atoms with Gasteiger partial charge in [-0.15, -0.1) is 18.0 Å². The first-order valence-corrected chi connectivity index (χ1v) is 11.2. The molecule has 0 spiro atoms. The molecule has 1 N–H and O–H groups in total. The topological polar surface area (TPSA) is 20.2 Å². The third-order valence-corrected chi connectivity index (χ3v) is 10.3. The van der Waals surface area contributed by atoms with Gasteiger partial charge in [0.2, 0.25) is 8.07 Å². The molecule has 26 heavy (non-hydrogen) atoms. The van der Waals surface area contributed by atoms with Crippen LogP contribution in [-0.2, 0) is 0 Å². The highest BCUT2D eigenvalue weighted by Crippen LogP contribution is 2.35. The van der Waals surface area contributed by atoms with E-state index in [1.807, 2.05) is 6.92 Å². The maximum absolute atomic E-state index is 10.3. The third kappa shape index (κ3) is 4.18. The monoisotopic (exact) mass is 362 g/mol. The Balaban J connectivity index is 2.60. The van der Waals surface area contributed by atoms with Crippen molar-refractivity contribution >= 4 is 18.4 Å². The molecule has 0 saturated heterocycles. The molecule has 0 bridgehead atoms. The number of hydrogen-bond acceptors (Lipinski definition) is 1. The first kappa shape index (κ1) is 20.2. The zero-order valence-corrected chi connectivity index (χ0v) is 17.4. The second kappa shape index (κ2) is 8.53. The van der Waals surface area contributed by atoms with Crippen LogP contribution in [0.4, 0.5) is 0 Å². The van der Waals surface area contributed by atoms with Gasteiger partial charge in [0.05, 0.1) is 6.10 Å². The Kier molecular flexibility index (Phi) is 6.64. The summed E-state index contributed by atoms with van der Waals surface area (Å²) in [6.07, 6.45) is 1.78. The van der Waals surface area contributed by atoms with E-state index < -0.39 is 14.2 Å². The highest BCUT2D eigenvalue weighted by molar-refractivity contribution is 7.10. The van der Waals surface area contributed by atoms with E-state index in [-0.39, 0.29) is 11.0 Å². The maximum atomic E-state index is 10.3. The Morgan fingerprint density at radius 1 is 1.00 bits per heavy atom. The van der Waals surface area contributed by atoms with Gasteiger partial charge >= 0.3 is 0 Å². The van der Waals surface area contributed by atoms with Gasteiger partial charge in [0.1, 0.15) is 0 Å².